The Morgan fingerprint density at radius 3 is 1.89 bits per heavy atom. The molecule has 0 aliphatic heterocycles. The van der Waals surface area contributed by atoms with Crippen LogP contribution in [0.4, 0.5) is 0 Å². The van der Waals surface area contributed by atoms with Crippen molar-refractivity contribution in [2.24, 2.45) is 0 Å². The Morgan fingerprint density at radius 2 is 1.33 bits per heavy atom. The van der Waals surface area contributed by atoms with E-state index in [1.807, 2.05) is 6.20 Å². The summed E-state index contributed by atoms with van der Waals surface area (Å²) in [6, 6.07) is 21.2. The van der Waals surface area contributed by atoms with Gasteiger partial charge in [0, 0.05) is 28.4 Å². The highest BCUT2D eigenvalue weighted by molar-refractivity contribution is 6.05. The van der Waals surface area contributed by atoms with Gasteiger partial charge in [-0.15, -0.1) is 0 Å². The van der Waals surface area contributed by atoms with Crippen molar-refractivity contribution >= 4 is 10.9 Å². The van der Waals surface area contributed by atoms with Crippen molar-refractivity contribution in [1.82, 2.24) is 9.97 Å². The highest BCUT2D eigenvalue weighted by Gasteiger charge is 2.22. The normalized spacial score (nSPS) is 11.6. The minimum Gasteiger partial charge on any atom is -0.357 e. The Bertz CT molecular complexity index is 1060. The summed E-state index contributed by atoms with van der Waals surface area (Å²) < 4.78 is 0. The standard InChI is InChI=1S/C25H26N2/c1-16(2)23-22-21(19-13-9-6-10-14-19)24(17(3)4)27-25(22)20(15-26-23)18-11-7-5-8-12-18/h5-17,27H,1-4H3. The van der Waals surface area contributed by atoms with E-state index in [4.69, 9.17) is 4.98 Å². The zero-order valence-corrected chi connectivity index (χ0v) is 16.5. The van der Waals surface area contributed by atoms with Gasteiger partial charge in [0.25, 0.3) is 0 Å². The molecule has 4 aromatic rings. The number of rotatable bonds is 4. The van der Waals surface area contributed by atoms with Crippen LogP contribution in [-0.2, 0) is 0 Å². The molecule has 2 nitrogen and oxygen atoms in total. The lowest BCUT2D eigenvalue weighted by atomic mass is 9.92. The van der Waals surface area contributed by atoms with Crippen LogP contribution in [0.15, 0.2) is 66.9 Å². The molecule has 0 fully saturated rings. The molecule has 2 aromatic carbocycles. The summed E-state index contributed by atoms with van der Waals surface area (Å²) in [6.07, 6.45) is 2.03. The average molecular weight is 354 g/mol. The molecule has 2 aromatic heterocycles. The smallest absolute Gasteiger partial charge is 0.0576 e. The second-order valence-electron chi connectivity index (χ2n) is 7.76. The monoisotopic (exact) mass is 354 g/mol. The molecule has 0 unspecified atom stereocenters. The minimum absolute atomic E-state index is 0.357. The third-order valence-electron chi connectivity index (χ3n) is 5.16. The van der Waals surface area contributed by atoms with Crippen molar-refractivity contribution in [3.05, 3.63) is 78.2 Å². The first-order valence-corrected chi connectivity index (χ1v) is 9.73. The molecule has 4 rings (SSSR count). The van der Waals surface area contributed by atoms with Crippen LogP contribution >= 0.6 is 0 Å². The molecule has 0 aliphatic rings. The number of benzene rings is 2. The first kappa shape index (κ1) is 17.5. The van der Waals surface area contributed by atoms with E-state index in [-0.39, 0.29) is 0 Å². The van der Waals surface area contributed by atoms with E-state index in [0.717, 1.165) is 5.69 Å². The van der Waals surface area contributed by atoms with E-state index in [9.17, 15) is 0 Å². The first-order valence-electron chi connectivity index (χ1n) is 9.73. The van der Waals surface area contributed by atoms with Crippen molar-refractivity contribution in [2.45, 2.75) is 39.5 Å². The number of aromatic amines is 1. The fourth-order valence-corrected chi connectivity index (χ4v) is 3.85. The molecule has 0 saturated carbocycles. The van der Waals surface area contributed by atoms with Gasteiger partial charge >= 0.3 is 0 Å². The summed E-state index contributed by atoms with van der Waals surface area (Å²) in [5, 5.41) is 1.27. The number of fused-ring (bicyclic) bond motifs is 1. The SMILES string of the molecule is CC(C)c1[nH]c2c(-c3ccccc3)cnc(C(C)C)c2c1-c1ccccc1. The number of H-pyrrole nitrogens is 1. The zero-order valence-electron chi connectivity index (χ0n) is 16.5. The minimum atomic E-state index is 0.357. The van der Waals surface area contributed by atoms with Gasteiger partial charge in [-0.3, -0.25) is 4.98 Å². The molecule has 27 heavy (non-hydrogen) atoms. The number of nitrogens with one attached hydrogen (secondary N) is 1. The van der Waals surface area contributed by atoms with Gasteiger partial charge in [-0.1, -0.05) is 88.4 Å². The van der Waals surface area contributed by atoms with Crippen LogP contribution < -0.4 is 0 Å². The van der Waals surface area contributed by atoms with Crippen molar-refractivity contribution in [2.75, 3.05) is 0 Å². The summed E-state index contributed by atoms with van der Waals surface area (Å²) in [4.78, 5) is 8.71. The number of hydrogen-bond donors (Lipinski definition) is 1. The van der Waals surface area contributed by atoms with Crippen molar-refractivity contribution < 1.29 is 0 Å². The van der Waals surface area contributed by atoms with Crippen LogP contribution in [0.2, 0.25) is 0 Å². The Hall–Kier alpha value is -2.87. The second-order valence-corrected chi connectivity index (χ2v) is 7.76. The van der Waals surface area contributed by atoms with Crippen LogP contribution in [-0.4, -0.2) is 9.97 Å². The molecule has 2 heterocycles. The first-order chi connectivity index (χ1) is 13.1. The van der Waals surface area contributed by atoms with Gasteiger partial charge in [0.15, 0.2) is 0 Å². The average Bonchev–Trinajstić information content (AvgIpc) is 3.09. The number of hydrogen-bond acceptors (Lipinski definition) is 1. The largest absolute Gasteiger partial charge is 0.357 e. The van der Waals surface area contributed by atoms with E-state index < -0.39 is 0 Å². The summed E-state index contributed by atoms with van der Waals surface area (Å²) in [7, 11) is 0. The molecule has 1 N–H and O–H groups in total. The maximum absolute atomic E-state index is 4.92. The molecule has 2 heteroatoms. The van der Waals surface area contributed by atoms with E-state index >= 15 is 0 Å². The third-order valence-corrected chi connectivity index (χ3v) is 5.16. The molecule has 0 saturated heterocycles. The molecule has 0 spiro atoms. The van der Waals surface area contributed by atoms with E-state index in [2.05, 4.69) is 93.3 Å². The van der Waals surface area contributed by atoms with Crippen LogP contribution in [0, 0.1) is 0 Å². The molecule has 0 aliphatic carbocycles. The van der Waals surface area contributed by atoms with Gasteiger partial charge in [-0.05, 0) is 23.0 Å². The number of pyridine rings is 1. The lowest BCUT2D eigenvalue weighted by Gasteiger charge is -2.13. The van der Waals surface area contributed by atoms with Crippen LogP contribution in [0.1, 0.15) is 50.9 Å². The highest BCUT2D eigenvalue weighted by Crippen LogP contribution is 2.42. The zero-order chi connectivity index (χ0) is 19.0. The van der Waals surface area contributed by atoms with Gasteiger partial charge in [0.1, 0.15) is 0 Å². The Balaban J connectivity index is 2.14. The fraction of sp³-hybridized carbons (Fsp3) is 0.240. The van der Waals surface area contributed by atoms with Gasteiger partial charge in [-0.2, -0.15) is 0 Å². The highest BCUT2D eigenvalue weighted by atomic mass is 14.8. The van der Waals surface area contributed by atoms with Gasteiger partial charge in [0.2, 0.25) is 0 Å². The van der Waals surface area contributed by atoms with Gasteiger partial charge in [-0.25, -0.2) is 0 Å². The van der Waals surface area contributed by atoms with Crippen LogP contribution in [0.3, 0.4) is 0 Å². The lowest BCUT2D eigenvalue weighted by Crippen LogP contribution is -1.96. The molecule has 0 radical (unpaired) electrons. The maximum atomic E-state index is 4.92. The summed E-state index contributed by atoms with van der Waals surface area (Å²) in [5.41, 5.74) is 8.55. The summed E-state index contributed by atoms with van der Waals surface area (Å²) in [6.45, 7) is 8.95. The Morgan fingerprint density at radius 1 is 0.741 bits per heavy atom. The molecule has 0 atom stereocenters. The topological polar surface area (TPSA) is 28.7 Å². The van der Waals surface area contributed by atoms with Gasteiger partial charge in [0.05, 0.1) is 11.2 Å². The van der Waals surface area contributed by atoms with Gasteiger partial charge < -0.3 is 4.98 Å². The van der Waals surface area contributed by atoms with Crippen molar-refractivity contribution in [3.63, 3.8) is 0 Å². The summed E-state index contributed by atoms with van der Waals surface area (Å²) >= 11 is 0. The lowest BCUT2D eigenvalue weighted by molar-refractivity contribution is 0.834. The quantitative estimate of drug-likeness (QED) is 0.414. The van der Waals surface area contributed by atoms with E-state index in [0.29, 0.717) is 11.8 Å². The predicted octanol–water partition coefficient (Wildman–Crippen LogP) is 7.14. The van der Waals surface area contributed by atoms with Crippen LogP contribution in [0.5, 0.6) is 0 Å². The van der Waals surface area contributed by atoms with E-state index in [1.54, 1.807) is 0 Å². The number of aromatic nitrogens is 2. The molecular formula is C25H26N2. The molecule has 0 bridgehead atoms. The maximum Gasteiger partial charge on any atom is 0.0576 e. The third kappa shape index (κ3) is 3.06. The molecule has 0 amide bonds. The Labute approximate surface area is 161 Å². The predicted molar refractivity (Wildman–Crippen MR) is 115 cm³/mol. The fourth-order valence-electron chi connectivity index (χ4n) is 3.85. The van der Waals surface area contributed by atoms with E-state index in [1.165, 1.54) is 38.9 Å². The number of nitrogens with zero attached hydrogens (tertiary/aromatic N) is 1. The Kier molecular flexibility index (Phi) is 4.57. The van der Waals surface area contributed by atoms with Crippen molar-refractivity contribution in [3.8, 4) is 22.3 Å². The molecule has 136 valence electrons. The molecular weight excluding hydrogens is 328 g/mol. The van der Waals surface area contributed by atoms with Crippen molar-refractivity contribution in [1.29, 1.82) is 0 Å². The second kappa shape index (κ2) is 7.03. The van der Waals surface area contributed by atoms with Crippen LogP contribution in [0.25, 0.3) is 33.2 Å². The summed E-state index contributed by atoms with van der Waals surface area (Å²) in [5.74, 6) is 0.756.